The van der Waals surface area contributed by atoms with Crippen molar-refractivity contribution < 1.29 is 14.9 Å². The summed E-state index contributed by atoms with van der Waals surface area (Å²) < 4.78 is 5.24. The van der Waals surface area contributed by atoms with Crippen molar-refractivity contribution in [3.63, 3.8) is 0 Å². The summed E-state index contributed by atoms with van der Waals surface area (Å²) in [5.41, 5.74) is 4.86. The van der Waals surface area contributed by atoms with E-state index < -0.39 is 17.9 Å². The summed E-state index contributed by atoms with van der Waals surface area (Å²) in [4.78, 5) is 0. The maximum Gasteiger partial charge on any atom is 0.122 e. The van der Waals surface area contributed by atoms with Gasteiger partial charge in [0, 0.05) is 0 Å². The van der Waals surface area contributed by atoms with Gasteiger partial charge in [-0.25, -0.2) is 0 Å². The number of rotatable bonds is 2. The van der Waals surface area contributed by atoms with Crippen LogP contribution < -0.4 is 11.1 Å². The third-order valence-electron chi connectivity index (χ3n) is 2.51. The van der Waals surface area contributed by atoms with Crippen LogP contribution in [-0.2, 0) is 4.74 Å². The number of hydrogen-bond acceptors (Lipinski definition) is 5. The van der Waals surface area contributed by atoms with Gasteiger partial charge in [-0.1, -0.05) is 0 Å². The van der Waals surface area contributed by atoms with Crippen molar-refractivity contribution in [2.24, 2.45) is 5.73 Å². The highest BCUT2D eigenvalue weighted by atomic mass is 16.5. The molecule has 72 valence electrons. The van der Waals surface area contributed by atoms with Crippen LogP contribution in [0.1, 0.15) is 6.92 Å². The van der Waals surface area contributed by atoms with Gasteiger partial charge in [-0.05, 0) is 14.0 Å². The van der Waals surface area contributed by atoms with Gasteiger partial charge in [-0.3, -0.25) is 5.32 Å². The molecule has 1 saturated heterocycles. The summed E-state index contributed by atoms with van der Waals surface area (Å²) in [6.45, 7) is 1.54. The topological polar surface area (TPSA) is 87.7 Å². The normalized spacial score (nSPS) is 48.2. The minimum absolute atomic E-state index is 0.216. The first-order valence-electron chi connectivity index (χ1n) is 3.98. The molecule has 1 aliphatic rings. The van der Waals surface area contributed by atoms with Crippen LogP contribution in [0, 0.1) is 0 Å². The third-order valence-corrected chi connectivity index (χ3v) is 2.51. The average Bonchev–Trinajstić information content (AvgIpc) is 2.30. The summed E-state index contributed by atoms with van der Waals surface area (Å²) in [5.74, 6) is 0. The van der Waals surface area contributed by atoms with Crippen LogP contribution in [0.2, 0.25) is 0 Å². The fourth-order valence-corrected chi connectivity index (χ4v) is 1.49. The first-order valence-corrected chi connectivity index (χ1v) is 3.98. The Morgan fingerprint density at radius 1 is 1.67 bits per heavy atom. The van der Waals surface area contributed by atoms with Crippen molar-refractivity contribution >= 4 is 0 Å². The molecule has 5 nitrogen and oxygen atoms in total. The lowest BCUT2D eigenvalue weighted by Gasteiger charge is -2.30. The van der Waals surface area contributed by atoms with Crippen molar-refractivity contribution in [1.82, 2.24) is 5.32 Å². The zero-order chi connectivity index (χ0) is 9.35. The second-order valence-electron chi connectivity index (χ2n) is 3.13. The summed E-state index contributed by atoms with van der Waals surface area (Å²) in [6.07, 6.45) is -1.77. The van der Waals surface area contributed by atoms with Gasteiger partial charge < -0.3 is 20.7 Å². The molecule has 0 aromatic heterocycles. The molecule has 2 unspecified atom stereocenters. The van der Waals surface area contributed by atoms with Crippen LogP contribution in [0.4, 0.5) is 0 Å². The fourth-order valence-electron chi connectivity index (χ4n) is 1.49. The Morgan fingerprint density at radius 2 is 2.25 bits per heavy atom. The summed E-state index contributed by atoms with van der Waals surface area (Å²) in [7, 11) is 1.66. The van der Waals surface area contributed by atoms with E-state index in [1.54, 1.807) is 14.0 Å². The number of hydrogen-bond donors (Lipinski definition) is 4. The zero-order valence-corrected chi connectivity index (χ0v) is 7.32. The Morgan fingerprint density at radius 3 is 2.50 bits per heavy atom. The van der Waals surface area contributed by atoms with E-state index in [4.69, 9.17) is 15.6 Å². The Labute approximate surface area is 71.5 Å². The molecule has 0 saturated carbocycles. The maximum absolute atomic E-state index is 9.61. The second kappa shape index (κ2) is 3.27. The smallest absolute Gasteiger partial charge is 0.122 e. The number of ether oxygens (including phenoxy) is 1. The molecule has 5 N–H and O–H groups in total. The molecule has 1 rings (SSSR count). The monoisotopic (exact) mass is 176 g/mol. The van der Waals surface area contributed by atoms with Crippen molar-refractivity contribution in [1.29, 1.82) is 0 Å². The van der Waals surface area contributed by atoms with E-state index in [9.17, 15) is 5.11 Å². The molecule has 0 amide bonds. The summed E-state index contributed by atoms with van der Waals surface area (Å²) in [5, 5.41) is 21.2. The molecule has 1 fully saturated rings. The number of nitrogens with two attached hydrogens (primary N) is 1. The molecule has 5 heteroatoms. The average molecular weight is 176 g/mol. The van der Waals surface area contributed by atoms with Crippen molar-refractivity contribution in [3.05, 3.63) is 0 Å². The van der Waals surface area contributed by atoms with E-state index in [1.165, 1.54) is 0 Å². The molecule has 0 bridgehead atoms. The molecular weight excluding hydrogens is 160 g/mol. The molecule has 1 aliphatic heterocycles. The van der Waals surface area contributed by atoms with Crippen molar-refractivity contribution in [2.45, 2.75) is 30.9 Å². The van der Waals surface area contributed by atoms with Crippen LogP contribution in [0.15, 0.2) is 0 Å². The maximum atomic E-state index is 9.61. The number of aliphatic hydroxyl groups is 2. The Bertz CT molecular complexity index is 167. The molecule has 12 heavy (non-hydrogen) atoms. The van der Waals surface area contributed by atoms with Gasteiger partial charge in [0.1, 0.15) is 17.9 Å². The molecule has 0 aromatic rings. The SMILES string of the molecule is CNC1(N)C(O)[C@@H](CO)O[C@H]1C. The van der Waals surface area contributed by atoms with Gasteiger partial charge in [-0.15, -0.1) is 0 Å². The molecule has 4 atom stereocenters. The minimum atomic E-state index is -0.951. The van der Waals surface area contributed by atoms with E-state index in [-0.39, 0.29) is 12.7 Å². The number of nitrogens with one attached hydrogen (secondary N) is 1. The van der Waals surface area contributed by atoms with Gasteiger partial charge in [-0.2, -0.15) is 0 Å². The van der Waals surface area contributed by atoms with Gasteiger partial charge >= 0.3 is 0 Å². The van der Waals surface area contributed by atoms with Gasteiger partial charge in [0.25, 0.3) is 0 Å². The van der Waals surface area contributed by atoms with E-state index in [1.807, 2.05) is 0 Å². The van der Waals surface area contributed by atoms with E-state index in [2.05, 4.69) is 5.32 Å². The predicted octanol–water partition coefficient (Wildman–Crippen LogP) is -2.00. The van der Waals surface area contributed by atoms with Crippen LogP contribution in [0.3, 0.4) is 0 Å². The Hall–Kier alpha value is -0.200. The number of aliphatic hydroxyl groups excluding tert-OH is 2. The molecule has 1 heterocycles. The third kappa shape index (κ3) is 1.23. The molecule has 0 radical (unpaired) electrons. The van der Waals surface area contributed by atoms with Gasteiger partial charge in [0.2, 0.25) is 0 Å². The van der Waals surface area contributed by atoms with Gasteiger partial charge in [0.15, 0.2) is 0 Å². The molecular formula is C7H16N2O3. The van der Waals surface area contributed by atoms with Crippen LogP contribution in [0.5, 0.6) is 0 Å². The molecule has 0 aliphatic carbocycles. The van der Waals surface area contributed by atoms with E-state index in [0.717, 1.165) is 0 Å². The molecule has 0 spiro atoms. The van der Waals surface area contributed by atoms with E-state index in [0.29, 0.717) is 0 Å². The first kappa shape index (κ1) is 9.88. The van der Waals surface area contributed by atoms with E-state index >= 15 is 0 Å². The largest absolute Gasteiger partial charge is 0.394 e. The lowest BCUT2D eigenvalue weighted by atomic mass is 9.99. The highest BCUT2D eigenvalue weighted by molar-refractivity contribution is 5.02. The van der Waals surface area contributed by atoms with Crippen molar-refractivity contribution in [2.75, 3.05) is 13.7 Å². The first-order chi connectivity index (χ1) is 5.56. The summed E-state index contributed by atoms with van der Waals surface area (Å²) in [6, 6.07) is 0. The standard InChI is InChI=1S/C7H16N2O3/c1-4-7(8,9-2)6(11)5(3-10)12-4/h4-6,9-11H,3,8H2,1-2H3/t4-,5+,6?,7?/m0/s1. The Kier molecular flexibility index (Phi) is 2.70. The Balaban J connectivity index is 2.76. The highest BCUT2D eigenvalue weighted by Crippen LogP contribution is 2.26. The van der Waals surface area contributed by atoms with Gasteiger partial charge in [0.05, 0.1) is 12.7 Å². The second-order valence-corrected chi connectivity index (χ2v) is 3.13. The highest BCUT2D eigenvalue weighted by Gasteiger charge is 2.50. The predicted molar refractivity (Wildman–Crippen MR) is 43.4 cm³/mol. The van der Waals surface area contributed by atoms with Crippen LogP contribution in [-0.4, -0.2) is 47.8 Å². The lowest BCUT2D eigenvalue weighted by molar-refractivity contribution is -0.0171. The number of likely N-dealkylation sites (N-methyl/N-ethyl adjacent to an activating group) is 1. The lowest BCUT2D eigenvalue weighted by Crippen LogP contribution is -2.64. The van der Waals surface area contributed by atoms with Crippen molar-refractivity contribution in [3.8, 4) is 0 Å². The minimum Gasteiger partial charge on any atom is -0.394 e. The zero-order valence-electron chi connectivity index (χ0n) is 7.32. The fraction of sp³-hybridized carbons (Fsp3) is 1.00. The van der Waals surface area contributed by atoms with Crippen LogP contribution >= 0.6 is 0 Å². The van der Waals surface area contributed by atoms with Crippen LogP contribution in [0.25, 0.3) is 0 Å². The quantitative estimate of drug-likeness (QED) is 0.366. The summed E-state index contributed by atoms with van der Waals surface area (Å²) >= 11 is 0. The molecule has 0 aromatic carbocycles.